The Kier molecular flexibility index (Phi) is 12.6. The summed E-state index contributed by atoms with van der Waals surface area (Å²) in [6.45, 7) is 3.95. The molecule has 1 atom stereocenters. The first-order valence-corrected chi connectivity index (χ1v) is 11.2. The molecule has 0 saturated carbocycles. The summed E-state index contributed by atoms with van der Waals surface area (Å²) in [5, 5.41) is 18.5. The van der Waals surface area contributed by atoms with Crippen molar-refractivity contribution in [2.45, 2.75) is 116 Å². The monoisotopic (exact) mass is 377 g/mol. The average Bonchev–Trinajstić information content (AvgIpc) is 2.65. The van der Waals surface area contributed by atoms with Crippen LogP contribution in [0.2, 0.25) is 0 Å². The van der Waals surface area contributed by atoms with Gasteiger partial charge in [-0.3, -0.25) is 0 Å². The Hall–Kier alpha value is -0.900. The van der Waals surface area contributed by atoms with Crippen molar-refractivity contribution in [1.29, 1.82) is 0 Å². The second-order valence-corrected chi connectivity index (χ2v) is 8.48. The predicted molar refractivity (Wildman–Crippen MR) is 116 cm³/mol. The molecule has 3 nitrogen and oxygen atoms in total. The van der Waals surface area contributed by atoms with E-state index >= 15 is 0 Å². The predicted octanol–water partition coefficient (Wildman–Crippen LogP) is 5.50. The van der Waals surface area contributed by atoms with E-state index in [4.69, 9.17) is 5.73 Å². The second-order valence-electron chi connectivity index (χ2n) is 8.48. The van der Waals surface area contributed by atoms with Gasteiger partial charge >= 0.3 is 0 Å². The van der Waals surface area contributed by atoms with Crippen LogP contribution >= 0.6 is 0 Å². The van der Waals surface area contributed by atoms with E-state index in [9.17, 15) is 10.2 Å². The summed E-state index contributed by atoms with van der Waals surface area (Å²) in [4.78, 5) is 0. The topological polar surface area (TPSA) is 66.5 Å². The summed E-state index contributed by atoms with van der Waals surface area (Å²) >= 11 is 0. The highest BCUT2D eigenvalue weighted by Crippen LogP contribution is 2.17. The first-order chi connectivity index (χ1) is 13.0. The number of aryl methyl sites for hydroxylation is 2. The number of unbranched alkanes of at least 4 members (excludes halogenated alkanes) is 10. The Morgan fingerprint density at radius 2 is 1.15 bits per heavy atom. The van der Waals surface area contributed by atoms with Gasteiger partial charge in [0.05, 0.1) is 5.54 Å². The molecule has 3 heteroatoms. The number of nitrogens with two attached hydrogens (primary N) is 1. The van der Waals surface area contributed by atoms with Crippen molar-refractivity contribution >= 4 is 0 Å². The van der Waals surface area contributed by atoms with Gasteiger partial charge in [0.2, 0.25) is 0 Å². The maximum Gasteiger partial charge on any atom is 0.169 e. The molecule has 1 aromatic rings. The number of hydrogen-bond donors (Lipinski definition) is 3. The summed E-state index contributed by atoms with van der Waals surface area (Å²) in [7, 11) is 0. The van der Waals surface area contributed by atoms with Crippen LogP contribution in [0.25, 0.3) is 0 Å². The van der Waals surface area contributed by atoms with Crippen molar-refractivity contribution in [1.82, 2.24) is 0 Å². The fourth-order valence-corrected chi connectivity index (χ4v) is 3.41. The number of aliphatic hydroxyl groups is 2. The molecular formula is C24H43NO2. The van der Waals surface area contributed by atoms with Gasteiger partial charge in [0.15, 0.2) is 6.29 Å². The first-order valence-electron chi connectivity index (χ1n) is 11.2. The number of hydrogen-bond acceptors (Lipinski definition) is 3. The minimum absolute atomic E-state index is 0.558. The van der Waals surface area contributed by atoms with Crippen LogP contribution in [0, 0.1) is 0 Å². The molecule has 0 aliphatic carbocycles. The summed E-state index contributed by atoms with van der Waals surface area (Å²) in [6.07, 6.45) is 16.2. The number of benzene rings is 1. The van der Waals surface area contributed by atoms with Gasteiger partial charge in [-0.2, -0.15) is 0 Å². The lowest BCUT2D eigenvalue weighted by molar-refractivity contribution is -0.0927. The minimum Gasteiger partial charge on any atom is -0.367 e. The highest BCUT2D eigenvalue weighted by Gasteiger charge is 2.26. The molecule has 0 aliphatic heterocycles. The van der Waals surface area contributed by atoms with Gasteiger partial charge in [0, 0.05) is 0 Å². The van der Waals surface area contributed by atoms with Crippen molar-refractivity contribution < 1.29 is 10.2 Å². The Morgan fingerprint density at radius 1 is 0.741 bits per heavy atom. The summed E-state index contributed by atoms with van der Waals surface area (Å²) in [5.74, 6) is 0. The fraction of sp³-hybridized carbons (Fsp3) is 0.750. The van der Waals surface area contributed by atoms with Crippen molar-refractivity contribution in [3.63, 3.8) is 0 Å². The molecule has 1 rings (SSSR count). The first kappa shape index (κ1) is 24.1. The molecular weight excluding hydrogens is 334 g/mol. The fourth-order valence-electron chi connectivity index (χ4n) is 3.41. The van der Waals surface area contributed by atoms with Crippen molar-refractivity contribution in [2.24, 2.45) is 5.73 Å². The van der Waals surface area contributed by atoms with Crippen LogP contribution in [-0.2, 0) is 12.8 Å². The molecule has 4 N–H and O–H groups in total. The molecule has 0 spiro atoms. The molecule has 156 valence electrons. The summed E-state index contributed by atoms with van der Waals surface area (Å²) < 4.78 is 0. The quantitative estimate of drug-likeness (QED) is 0.263. The van der Waals surface area contributed by atoms with Gasteiger partial charge < -0.3 is 15.9 Å². The number of rotatable bonds is 16. The van der Waals surface area contributed by atoms with Crippen LogP contribution in [0.15, 0.2) is 24.3 Å². The second kappa shape index (κ2) is 14.1. The molecule has 0 heterocycles. The van der Waals surface area contributed by atoms with Crippen LogP contribution in [0.5, 0.6) is 0 Å². The molecule has 0 aliphatic rings. The van der Waals surface area contributed by atoms with Crippen LogP contribution in [0.4, 0.5) is 0 Å². The van der Waals surface area contributed by atoms with Gasteiger partial charge in [0.25, 0.3) is 0 Å². The zero-order valence-corrected chi connectivity index (χ0v) is 17.8. The summed E-state index contributed by atoms with van der Waals surface area (Å²) in [6, 6.07) is 8.70. The molecule has 1 aromatic carbocycles. The van der Waals surface area contributed by atoms with E-state index in [1.54, 1.807) is 6.92 Å². The van der Waals surface area contributed by atoms with Crippen LogP contribution in [0.1, 0.15) is 102 Å². The van der Waals surface area contributed by atoms with E-state index in [1.807, 2.05) is 0 Å². The molecule has 0 radical (unpaired) electrons. The Labute approximate surface area is 167 Å². The third kappa shape index (κ3) is 11.5. The van der Waals surface area contributed by atoms with E-state index in [0.29, 0.717) is 6.42 Å². The third-order valence-electron chi connectivity index (χ3n) is 5.63. The molecule has 0 amide bonds. The van der Waals surface area contributed by atoms with Crippen LogP contribution in [-0.4, -0.2) is 22.0 Å². The molecule has 0 fully saturated rings. The maximum atomic E-state index is 9.27. The Balaban J connectivity index is 2.06. The smallest absolute Gasteiger partial charge is 0.169 e. The summed E-state index contributed by atoms with van der Waals surface area (Å²) in [5.41, 5.74) is 7.54. The standard InChI is InChI=1S/C24H43NO2/c1-3-4-5-6-7-8-9-10-11-12-13-14-21-15-17-22(18-16-21)19-20-24(2,25)23(26)27/h15-18,23,26-27H,3-14,19-20,25H2,1-2H3. The van der Waals surface area contributed by atoms with Gasteiger partial charge in [0.1, 0.15) is 0 Å². The number of aliphatic hydroxyl groups excluding tert-OH is 1. The molecule has 0 aromatic heterocycles. The van der Waals surface area contributed by atoms with E-state index in [2.05, 4.69) is 31.2 Å². The van der Waals surface area contributed by atoms with Crippen LogP contribution in [0.3, 0.4) is 0 Å². The highest BCUT2D eigenvalue weighted by atomic mass is 16.5. The molecule has 27 heavy (non-hydrogen) atoms. The van der Waals surface area contributed by atoms with Crippen molar-refractivity contribution in [2.75, 3.05) is 0 Å². The van der Waals surface area contributed by atoms with E-state index in [-0.39, 0.29) is 0 Å². The molecule has 0 saturated heterocycles. The van der Waals surface area contributed by atoms with Crippen LogP contribution < -0.4 is 5.73 Å². The third-order valence-corrected chi connectivity index (χ3v) is 5.63. The van der Waals surface area contributed by atoms with E-state index < -0.39 is 11.8 Å². The van der Waals surface area contributed by atoms with Gasteiger partial charge in [-0.25, -0.2) is 0 Å². The minimum atomic E-state index is -1.47. The van der Waals surface area contributed by atoms with Crippen molar-refractivity contribution in [3.05, 3.63) is 35.4 Å². The zero-order chi connectivity index (χ0) is 20.0. The molecule has 0 bridgehead atoms. The average molecular weight is 378 g/mol. The van der Waals surface area contributed by atoms with Crippen molar-refractivity contribution in [3.8, 4) is 0 Å². The highest BCUT2D eigenvalue weighted by molar-refractivity contribution is 5.23. The van der Waals surface area contributed by atoms with E-state index in [0.717, 1.165) is 12.8 Å². The largest absolute Gasteiger partial charge is 0.367 e. The SMILES string of the molecule is CCCCCCCCCCCCCc1ccc(CCC(C)(N)C(O)O)cc1. The Bertz CT molecular complexity index is 468. The zero-order valence-electron chi connectivity index (χ0n) is 17.8. The van der Waals surface area contributed by atoms with Gasteiger partial charge in [-0.15, -0.1) is 0 Å². The lowest BCUT2D eigenvalue weighted by Crippen LogP contribution is -2.48. The lowest BCUT2D eigenvalue weighted by Gasteiger charge is -2.26. The Morgan fingerprint density at radius 3 is 1.59 bits per heavy atom. The maximum absolute atomic E-state index is 9.27. The van der Waals surface area contributed by atoms with Gasteiger partial charge in [-0.1, -0.05) is 95.4 Å². The molecule has 1 unspecified atom stereocenters. The normalized spacial score (nSPS) is 13.9. The van der Waals surface area contributed by atoms with E-state index in [1.165, 1.54) is 81.8 Å². The lowest BCUT2D eigenvalue weighted by atomic mass is 9.93. The van der Waals surface area contributed by atoms with Gasteiger partial charge in [-0.05, 0) is 43.7 Å².